The highest BCUT2D eigenvalue weighted by molar-refractivity contribution is 5.94. The van der Waals surface area contributed by atoms with Crippen LogP contribution in [-0.4, -0.2) is 17.4 Å². The summed E-state index contributed by atoms with van der Waals surface area (Å²) >= 11 is 0. The summed E-state index contributed by atoms with van der Waals surface area (Å²) in [6.45, 7) is 23.5. The third-order valence-corrected chi connectivity index (χ3v) is 18.8. The number of hydrogen-bond acceptors (Lipinski definition) is 3. The van der Waals surface area contributed by atoms with E-state index in [4.69, 9.17) is 4.74 Å². The third kappa shape index (κ3) is 2.53. The Morgan fingerprint density at radius 2 is 1.34 bits per heavy atom. The second-order valence-electron chi connectivity index (χ2n) is 19.7. The van der Waals surface area contributed by atoms with Gasteiger partial charge in [-0.3, -0.25) is 9.59 Å². The Kier molecular flexibility index (Phi) is 4.95. The maximum absolute atomic E-state index is 14.5. The molecule has 0 aliphatic heterocycles. The molecule has 11 aliphatic carbocycles. The number of ether oxygens (including phenoxy) is 1. The van der Waals surface area contributed by atoms with E-state index in [0.29, 0.717) is 34.4 Å². The molecular weight excluding hydrogens is 504 g/mol. The Hall–Kier alpha value is -0.860. The molecule has 0 aromatic heterocycles. The molecule has 0 N–H and O–H groups in total. The van der Waals surface area contributed by atoms with E-state index in [0.717, 1.165) is 43.4 Å². The van der Waals surface area contributed by atoms with E-state index >= 15 is 0 Å². The SMILES string of the molecule is CC1(C)C2CCC(C)(C34CC(CCC3(C)C3(C)CCC5CC3(OC(=O)C36CCC(C3)C(=O)C6)C5(C)C)C4(C)C)C1C2. The van der Waals surface area contributed by atoms with Crippen LogP contribution < -0.4 is 0 Å². The van der Waals surface area contributed by atoms with Gasteiger partial charge in [-0.25, -0.2) is 0 Å². The minimum atomic E-state index is -0.539. The van der Waals surface area contributed by atoms with Gasteiger partial charge in [-0.2, -0.15) is 0 Å². The molecule has 0 spiro atoms. The topological polar surface area (TPSA) is 43.4 Å². The molecule has 3 nitrogen and oxygen atoms in total. The summed E-state index contributed by atoms with van der Waals surface area (Å²) in [6.07, 6.45) is 14.5. The van der Waals surface area contributed by atoms with Crippen molar-refractivity contribution < 1.29 is 14.3 Å². The Morgan fingerprint density at radius 3 is 1.88 bits per heavy atom. The molecule has 0 saturated heterocycles. The fourth-order valence-electron chi connectivity index (χ4n) is 16.0. The van der Waals surface area contributed by atoms with Crippen LogP contribution >= 0.6 is 0 Å². The smallest absolute Gasteiger partial charge is 0.313 e. The van der Waals surface area contributed by atoms with Crippen molar-refractivity contribution >= 4 is 11.8 Å². The van der Waals surface area contributed by atoms with Crippen molar-refractivity contribution in [2.45, 2.75) is 151 Å². The summed E-state index contributed by atoms with van der Waals surface area (Å²) in [4.78, 5) is 27.2. The summed E-state index contributed by atoms with van der Waals surface area (Å²) in [5, 5.41) is 0. The number of hydrogen-bond donors (Lipinski definition) is 0. The average Bonchev–Trinajstić information content (AvgIpc) is 3.48. The minimum Gasteiger partial charge on any atom is -0.457 e. The van der Waals surface area contributed by atoms with Gasteiger partial charge in [0, 0.05) is 23.2 Å². The first-order valence-electron chi connectivity index (χ1n) is 17.7. The largest absolute Gasteiger partial charge is 0.457 e. The fraction of sp³-hybridized carbons (Fsp3) is 0.947. The Morgan fingerprint density at radius 1 is 0.707 bits per heavy atom. The molecule has 228 valence electrons. The monoisotopic (exact) mass is 562 g/mol. The number of carbonyl (C=O) groups is 2. The normalized spacial score (nSPS) is 58.2. The zero-order valence-corrected chi connectivity index (χ0v) is 27.8. The molecule has 0 aromatic rings. The van der Waals surface area contributed by atoms with Crippen LogP contribution in [0.5, 0.6) is 0 Å². The van der Waals surface area contributed by atoms with Crippen LogP contribution in [-0.2, 0) is 14.3 Å². The minimum absolute atomic E-state index is 0.00319. The number of ketones is 1. The van der Waals surface area contributed by atoms with Crippen molar-refractivity contribution in [2.24, 2.45) is 72.9 Å². The number of fused-ring (bicyclic) bond motifs is 9. The molecule has 3 heteroatoms. The standard InChI is InChI=1S/C38H58O3/c1-30(2)24-11-14-33(7,28(30)18-24)37-20-25(31(37,3)4)12-15-34(37,8)35(9)16-13-26-21-38(35,32(26,5)6)41-29(40)36-17-10-23(19-36)27(39)22-36/h23-26,28H,10-22H2,1-9H3. The van der Waals surface area contributed by atoms with E-state index in [1.807, 2.05) is 0 Å². The average molecular weight is 563 g/mol. The first kappa shape index (κ1) is 27.7. The zero-order valence-electron chi connectivity index (χ0n) is 27.8. The highest BCUT2D eigenvalue weighted by Gasteiger charge is 2.86. The fourth-order valence-corrected chi connectivity index (χ4v) is 16.0. The highest BCUT2D eigenvalue weighted by atomic mass is 16.6. The molecular formula is C38H58O3. The van der Waals surface area contributed by atoms with Gasteiger partial charge in [0.1, 0.15) is 11.4 Å². The van der Waals surface area contributed by atoms with Crippen LogP contribution in [0.15, 0.2) is 0 Å². The van der Waals surface area contributed by atoms with Crippen molar-refractivity contribution in [3.8, 4) is 0 Å². The van der Waals surface area contributed by atoms with Gasteiger partial charge in [0.15, 0.2) is 0 Å². The van der Waals surface area contributed by atoms with Gasteiger partial charge < -0.3 is 4.74 Å². The summed E-state index contributed by atoms with van der Waals surface area (Å²) in [7, 11) is 0. The molecule has 0 heterocycles. The van der Waals surface area contributed by atoms with Gasteiger partial charge in [-0.15, -0.1) is 0 Å². The number of carbonyl (C=O) groups excluding carboxylic acids is 2. The molecule has 11 fully saturated rings. The van der Waals surface area contributed by atoms with Crippen molar-refractivity contribution in [1.29, 1.82) is 0 Å². The van der Waals surface area contributed by atoms with E-state index in [1.165, 1.54) is 51.4 Å². The maximum atomic E-state index is 14.5. The quantitative estimate of drug-likeness (QED) is 0.321. The molecule has 11 saturated carbocycles. The number of rotatable bonds is 4. The van der Waals surface area contributed by atoms with Crippen molar-refractivity contribution in [2.75, 3.05) is 0 Å². The molecule has 11 unspecified atom stereocenters. The lowest BCUT2D eigenvalue weighted by molar-refractivity contribution is -0.413. The van der Waals surface area contributed by atoms with Crippen LogP contribution in [0, 0.1) is 72.9 Å². The first-order valence-corrected chi connectivity index (χ1v) is 17.7. The van der Waals surface area contributed by atoms with E-state index in [-0.39, 0.29) is 33.5 Å². The van der Waals surface area contributed by atoms with Crippen LogP contribution in [0.2, 0.25) is 0 Å². The van der Waals surface area contributed by atoms with Gasteiger partial charge in [-0.1, -0.05) is 62.3 Å². The lowest BCUT2D eigenvalue weighted by Gasteiger charge is -2.87. The van der Waals surface area contributed by atoms with Crippen LogP contribution in [0.1, 0.15) is 146 Å². The van der Waals surface area contributed by atoms with Gasteiger partial charge >= 0.3 is 5.97 Å². The Labute approximate surface area is 250 Å². The van der Waals surface area contributed by atoms with E-state index < -0.39 is 11.0 Å². The third-order valence-electron chi connectivity index (χ3n) is 18.8. The summed E-state index contributed by atoms with van der Waals surface area (Å²) < 4.78 is 7.23. The number of esters is 1. The second-order valence-corrected chi connectivity index (χ2v) is 19.7. The lowest BCUT2D eigenvalue weighted by atomic mass is 9.17. The highest BCUT2D eigenvalue weighted by Crippen LogP contribution is 2.90. The molecule has 11 atom stereocenters. The summed E-state index contributed by atoms with van der Waals surface area (Å²) in [5.74, 6) is 3.56. The van der Waals surface area contributed by atoms with Crippen LogP contribution in [0.25, 0.3) is 0 Å². The molecule has 0 radical (unpaired) electrons. The maximum Gasteiger partial charge on any atom is 0.313 e. The summed E-state index contributed by atoms with van der Waals surface area (Å²) in [5.41, 5.74) is 0.288. The number of Topliss-reactive ketones (excluding diaryl/α,β-unsaturated/α-hetero) is 1. The van der Waals surface area contributed by atoms with Gasteiger partial charge in [0.25, 0.3) is 0 Å². The molecule has 0 amide bonds. The van der Waals surface area contributed by atoms with Gasteiger partial charge in [0.05, 0.1) is 5.41 Å². The van der Waals surface area contributed by atoms with E-state index in [1.54, 1.807) is 0 Å². The first-order chi connectivity index (χ1) is 18.9. The van der Waals surface area contributed by atoms with Crippen molar-refractivity contribution in [1.82, 2.24) is 0 Å². The lowest BCUT2D eigenvalue weighted by Crippen LogP contribution is -2.84. The molecule has 41 heavy (non-hydrogen) atoms. The van der Waals surface area contributed by atoms with E-state index in [2.05, 4.69) is 62.3 Å². The Balaban J connectivity index is 1.27. The van der Waals surface area contributed by atoms with Crippen molar-refractivity contribution in [3.63, 3.8) is 0 Å². The van der Waals surface area contributed by atoms with E-state index in [9.17, 15) is 9.59 Å². The molecule has 0 aromatic carbocycles. The molecule has 11 aliphatic rings. The van der Waals surface area contributed by atoms with Gasteiger partial charge in [-0.05, 0) is 128 Å². The van der Waals surface area contributed by atoms with Gasteiger partial charge in [0.2, 0.25) is 0 Å². The zero-order chi connectivity index (χ0) is 29.4. The predicted octanol–water partition coefficient (Wildman–Crippen LogP) is 9.17. The molecule has 8 bridgehead atoms. The van der Waals surface area contributed by atoms with Crippen LogP contribution in [0.3, 0.4) is 0 Å². The van der Waals surface area contributed by atoms with Crippen LogP contribution in [0.4, 0.5) is 0 Å². The Bertz CT molecular complexity index is 1240. The predicted molar refractivity (Wildman–Crippen MR) is 162 cm³/mol. The summed E-state index contributed by atoms with van der Waals surface area (Å²) in [6, 6.07) is 0. The van der Waals surface area contributed by atoms with Crippen molar-refractivity contribution in [3.05, 3.63) is 0 Å². The second kappa shape index (κ2) is 7.33. The molecule has 11 rings (SSSR count).